The van der Waals surface area contributed by atoms with Crippen molar-refractivity contribution in [3.63, 3.8) is 0 Å². The smallest absolute Gasteiger partial charge is 0.193 e. The van der Waals surface area contributed by atoms with Crippen LogP contribution in [0.4, 0.5) is 0 Å². The lowest BCUT2D eigenvalue weighted by Crippen LogP contribution is -2.38. The standard InChI is InChI=1S/C18H16N2O/c1-12-6-8-13(9-7-12)16-11-19-20-18(16)10-14-4-2-3-5-15(14)17(18)21/h2-9,16H,10-11H2,1H3/t16-,18+/m0/s1. The van der Waals surface area contributed by atoms with Gasteiger partial charge in [0.2, 0.25) is 0 Å². The number of carbonyl (C=O) groups excluding carboxylic acids is 1. The molecule has 0 saturated heterocycles. The van der Waals surface area contributed by atoms with Gasteiger partial charge in [0.25, 0.3) is 0 Å². The molecule has 0 amide bonds. The summed E-state index contributed by atoms with van der Waals surface area (Å²) < 4.78 is 0. The normalized spacial score (nSPS) is 26.5. The third-order valence-corrected chi connectivity index (χ3v) is 4.68. The Morgan fingerprint density at radius 1 is 1.10 bits per heavy atom. The monoisotopic (exact) mass is 276 g/mol. The summed E-state index contributed by atoms with van der Waals surface area (Å²) in [5, 5.41) is 8.65. The number of hydrogen-bond acceptors (Lipinski definition) is 3. The lowest BCUT2D eigenvalue weighted by Gasteiger charge is -2.25. The van der Waals surface area contributed by atoms with Crippen LogP contribution in [0.15, 0.2) is 58.8 Å². The average molecular weight is 276 g/mol. The van der Waals surface area contributed by atoms with E-state index < -0.39 is 5.54 Å². The highest BCUT2D eigenvalue weighted by atomic mass is 16.1. The Labute approximate surface area is 123 Å². The molecule has 2 atom stereocenters. The van der Waals surface area contributed by atoms with Gasteiger partial charge in [0.1, 0.15) is 0 Å². The van der Waals surface area contributed by atoms with Crippen molar-refractivity contribution in [2.24, 2.45) is 10.2 Å². The van der Waals surface area contributed by atoms with Crippen LogP contribution in [-0.4, -0.2) is 17.9 Å². The first kappa shape index (κ1) is 12.5. The van der Waals surface area contributed by atoms with Crippen LogP contribution in [0.1, 0.15) is 33.0 Å². The van der Waals surface area contributed by atoms with Gasteiger partial charge in [0.15, 0.2) is 11.3 Å². The summed E-state index contributed by atoms with van der Waals surface area (Å²) in [5.74, 6) is 0.183. The van der Waals surface area contributed by atoms with Gasteiger partial charge < -0.3 is 0 Å². The van der Waals surface area contributed by atoms with E-state index in [9.17, 15) is 4.79 Å². The van der Waals surface area contributed by atoms with Crippen LogP contribution < -0.4 is 0 Å². The Morgan fingerprint density at radius 2 is 1.86 bits per heavy atom. The molecule has 3 heteroatoms. The third-order valence-electron chi connectivity index (χ3n) is 4.68. The Balaban J connectivity index is 1.79. The second-order valence-electron chi connectivity index (χ2n) is 5.97. The summed E-state index contributed by atoms with van der Waals surface area (Å²) in [7, 11) is 0. The molecule has 2 aromatic rings. The second kappa shape index (κ2) is 4.35. The predicted octanol–water partition coefficient (Wildman–Crippen LogP) is 3.72. The number of carbonyl (C=O) groups is 1. The van der Waals surface area contributed by atoms with Crippen molar-refractivity contribution in [3.05, 3.63) is 70.8 Å². The van der Waals surface area contributed by atoms with E-state index in [0.717, 1.165) is 16.7 Å². The van der Waals surface area contributed by atoms with Gasteiger partial charge in [-0.15, -0.1) is 0 Å². The molecule has 1 spiro atoms. The van der Waals surface area contributed by atoms with Crippen LogP contribution in [0.2, 0.25) is 0 Å². The minimum atomic E-state index is -0.709. The van der Waals surface area contributed by atoms with Gasteiger partial charge in [-0.1, -0.05) is 54.1 Å². The average Bonchev–Trinajstić information content (AvgIpc) is 3.04. The fraction of sp³-hybridized carbons (Fsp3) is 0.278. The van der Waals surface area contributed by atoms with Gasteiger partial charge in [-0.25, -0.2) is 0 Å². The van der Waals surface area contributed by atoms with Gasteiger partial charge in [-0.05, 0) is 18.1 Å². The molecular formula is C18H16N2O. The SMILES string of the molecule is Cc1ccc([C@@H]2CN=N[C@]23Cc2ccccc2C3=O)cc1. The summed E-state index contributed by atoms with van der Waals surface area (Å²) in [6.07, 6.45) is 0.671. The van der Waals surface area contributed by atoms with Crippen LogP contribution in [-0.2, 0) is 6.42 Å². The number of Topliss-reactive ketones (excluding diaryl/α,β-unsaturated/α-hetero) is 1. The number of fused-ring (bicyclic) bond motifs is 1. The Kier molecular flexibility index (Phi) is 2.58. The summed E-state index contributed by atoms with van der Waals surface area (Å²) >= 11 is 0. The molecule has 2 aliphatic rings. The first-order chi connectivity index (χ1) is 10.2. The first-order valence-corrected chi connectivity index (χ1v) is 7.29. The quantitative estimate of drug-likeness (QED) is 0.782. The zero-order valence-electron chi connectivity index (χ0n) is 11.9. The minimum absolute atomic E-state index is 0.0537. The summed E-state index contributed by atoms with van der Waals surface area (Å²) in [6.45, 7) is 2.67. The van der Waals surface area contributed by atoms with Crippen molar-refractivity contribution < 1.29 is 4.79 Å². The van der Waals surface area contributed by atoms with Gasteiger partial charge in [-0.2, -0.15) is 10.2 Å². The molecule has 0 unspecified atom stereocenters. The van der Waals surface area contributed by atoms with Crippen LogP contribution in [0.3, 0.4) is 0 Å². The van der Waals surface area contributed by atoms with Crippen molar-refractivity contribution in [3.8, 4) is 0 Å². The molecule has 1 aliphatic heterocycles. The molecule has 21 heavy (non-hydrogen) atoms. The highest BCUT2D eigenvalue weighted by Crippen LogP contribution is 2.46. The van der Waals surface area contributed by atoms with E-state index in [1.165, 1.54) is 5.56 Å². The molecule has 0 fully saturated rings. The van der Waals surface area contributed by atoms with Gasteiger partial charge in [-0.3, -0.25) is 4.79 Å². The summed E-state index contributed by atoms with van der Waals surface area (Å²) in [5.41, 5.74) is 3.59. The molecule has 0 N–H and O–H groups in total. The maximum atomic E-state index is 12.9. The molecule has 104 valence electrons. The van der Waals surface area contributed by atoms with Gasteiger partial charge in [0.05, 0.1) is 6.54 Å². The van der Waals surface area contributed by atoms with Crippen molar-refractivity contribution in [2.45, 2.75) is 24.8 Å². The second-order valence-corrected chi connectivity index (χ2v) is 5.97. The Bertz CT molecular complexity index is 748. The first-order valence-electron chi connectivity index (χ1n) is 7.29. The lowest BCUT2D eigenvalue weighted by atomic mass is 9.77. The van der Waals surface area contributed by atoms with Crippen molar-refractivity contribution in [1.29, 1.82) is 0 Å². The number of aryl methyl sites for hydroxylation is 1. The topological polar surface area (TPSA) is 41.8 Å². The molecule has 0 bridgehead atoms. The maximum Gasteiger partial charge on any atom is 0.193 e. The minimum Gasteiger partial charge on any atom is -0.291 e. The zero-order valence-corrected chi connectivity index (χ0v) is 11.9. The molecule has 2 aromatic carbocycles. The number of nitrogens with zero attached hydrogens (tertiary/aromatic N) is 2. The number of benzene rings is 2. The molecule has 1 heterocycles. The third kappa shape index (κ3) is 1.70. The van der Waals surface area contributed by atoms with Gasteiger partial charge in [0, 0.05) is 17.9 Å². The highest BCUT2D eigenvalue weighted by molar-refractivity contribution is 6.08. The summed E-state index contributed by atoms with van der Waals surface area (Å²) in [6, 6.07) is 16.2. The zero-order chi connectivity index (χ0) is 14.4. The molecule has 0 radical (unpaired) electrons. The van der Waals surface area contributed by atoms with Crippen molar-refractivity contribution in [2.75, 3.05) is 6.54 Å². The molecule has 0 saturated carbocycles. The Hall–Kier alpha value is -2.29. The number of rotatable bonds is 1. The van der Waals surface area contributed by atoms with Crippen LogP contribution in [0.25, 0.3) is 0 Å². The van der Waals surface area contributed by atoms with E-state index in [1.54, 1.807) is 0 Å². The largest absolute Gasteiger partial charge is 0.291 e. The molecule has 4 rings (SSSR count). The van der Waals surface area contributed by atoms with E-state index in [2.05, 4.69) is 41.4 Å². The number of hydrogen-bond donors (Lipinski definition) is 0. The Morgan fingerprint density at radius 3 is 2.62 bits per heavy atom. The number of azo groups is 1. The van der Waals surface area contributed by atoms with E-state index in [0.29, 0.717) is 13.0 Å². The van der Waals surface area contributed by atoms with E-state index >= 15 is 0 Å². The van der Waals surface area contributed by atoms with E-state index in [1.807, 2.05) is 24.3 Å². The molecule has 1 aliphatic carbocycles. The predicted molar refractivity (Wildman–Crippen MR) is 80.9 cm³/mol. The van der Waals surface area contributed by atoms with Crippen LogP contribution >= 0.6 is 0 Å². The van der Waals surface area contributed by atoms with Gasteiger partial charge >= 0.3 is 0 Å². The highest BCUT2D eigenvalue weighted by Gasteiger charge is 2.54. The molecule has 3 nitrogen and oxygen atoms in total. The van der Waals surface area contributed by atoms with E-state index in [-0.39, 0.29) is 11.7 Å². The fourth-order valence-corrected chi connectivity index (χ4v) is 3.51. The van der Waals surface area contributed by atoms with Crippen LogP contribution in [0.5, 0.6) is 0 Å². The van der Waals surface area contributed by atoms with Crippen LogP contribution in [0, 0.1) is 6.92 Å². The maximum absolute atomic E-state index is 12.9. The molecule has 0 aromatic heterocycles. The molecular weight excluding hydrogens is 260 g/mol. The lowest BCUT2D eigenvalue weighted by molar-refractivity contribution is 0.0897. The van der Waals surface area contributed by atoms with Crippen molar-refractivity contribution in [1.82, 2.24) is 0 Å². The fourth-order valence-electron chi connectivity index (χ4n) is 3.51. The van der Waals surface area contributed by atoms with E-state index in [4.69, 9.17) is 0 Å². The number of ketones is 1. The summed E-state index contributed by atoms with van der Waals surface area (Å²) in [4.78, 5) is 12.9. The van der Waals surface area contributed by atoms with Crippen molar-refractivity contribution >= 4 is 5.78 Å².